The molecule has 0 aliphatic heterocycles. The summed E-state index contributed by atoms with van der Waals surface area (Å²) in [4.78, 5) is 33.3. The first-order valence-electron chi connectivity index (χ1n) is 2.45. The summed E-state index contributed by atoms with van der Waals surface area (Å²) in [5.74, 6) is 0. The number of hydrogen-bond acceptors (Lipinski definition) is 13. The van der Waals surface area contributed by atoms with Gasteiger partial charge in [0.05, 0.1) is 0 Å². The van der Waals surface area contributed by atoms with E-state index in [2.05, 4.69) is 0 Å². The number of carbonyl (C=O) groups is 4. The molecule has 0 aliphatic rings. The van der Waals surface area contributed by atoms with Crippen LogP contribution >= 0.6 is 0 Å². The van der Waals surface area contributed by atoms with Crippen molar-refractivity contribution in [2.24, 2.45) is 0 Å². The second-order valence-corrected chi connectivity index (χ2v) is 1.00. The zero-order chi connectivity index (χ0) is 14.3. The Balaban J connectivity index is -0.00000000545. The van der Waals surface area contributed by atoms with Crippen LogP contribution in [0.2, 0.25) is 0 Å². The van der Waals surface area contributed by atoms with E-state index in [4.69, 9.17) is 60.0 Å². The first-order valence-corrected chi connectivity index (χ1v) is 2.45. The largest absolute Gasteiger partial charge is 1.00 e. The van der Waals surface area contributed by atoms with Crippen molar-refractivity contribution in [1.82, 2.24) is 0 Å². The summed E-state index contributed by atoms with van der Waals surface area (Å²) < 4.78 is 0. The fourth-order valence-electron chi connectivity index (χ4n) is 0. The summed E-state index contributed by atoms with van der Waals surface area (Å²) in [7, 11) is 0. The van der Waals surface area contributed by atoms with Gasteiger partial charge in [0, 0.05) is 0 Å². The quantitative estimate of drug-likeness (QED) is 0.375. The Kier molecular flexibility index (Phi) is 364. The van der Waals surface area contributed by atoms with Crippen molar-refractivity contribution < 1.29 is 235 Å². The molecule has 1 N–H and O–H groups in total. The normalized spacial score (nSPS) is 3.69. The van der Waals surface area contributed by atoms with Crippen LogP contribution in [-0.2, 0) is 0 Å². The Morgan fingerprint density at radius 1 is 0.308 bits per heavy atom. The Morgan fingerprint density at radius 3 is 0.308 bits per heavy atom. The maximum atomic E-state index is 8.33. The molecule has 0 amide bonds. The minimum atomic E-state index is -2.33. The zero-order valence-electron chi connectivity index (χ0n) is 16.3. The van der Waals surface area contributed by atoms with Gasteiger partial charge in [-0.05, 0) is 24.6 Å². The molecule has 0 spiro atoms. The van der Waals surface area contributed by atoms with Crippen LogP contribution in [0.5, 0.6) is 0 Å². The van der Waals surface area contributed by atoms with Crippen LogP contribution in [0.25, 0.3) is 0 Å². The van der Waals surface area contributed by atoms with Crippen LogP contribution in [0.4, 0.5) is 19.2 Å². The van der Waals surface area contributed by atoms with E-state index in [0.29, 0.717) is 0 Å². The average Bonchev–Trinajstić information content (AvgIpc) is 1.76. The SMILES string of the molecule is O=C([O-])[O-].O=C([O-])[O-].O=C([O-])[O-].O=C([O-])[O-].[Li+].[Li+].[Li+].[Li+].[Li+].[Li+].[Li+].[Li+].[Li+].[OH-]. The average molecular weight is 320 g/mol. The third kappa shape index (κ3) is 2920. The topological polar surface area (TPSA) is 283 Å². The Bertz CT molecular complexity index is 178. The van der Waals surface area contributed by atoms with E-state index < -0.39 is 24.6 Å². The van der Waals surface area contributed by atoms with E-state index in [1.807, 2.05) is 0 Å². The van der Waals surface area contributed by atoms with Crippen molar-refractivity contribution in [3.05, 3.63) is 0 Å². The molecule has 0 fully saturated rings. The molecule has 0 aromatic rings. The smallest absolute Gasteiger partial charge is 0.870 e. The fraction of sp³-hybridized carbons (Fsp3) is 0. The summed E-state index contributed by atoms with van der Waals surface area (Å²) in [6.45, 7) is 0. The van der Waals surface area contributed by atoms with Gasteiger partial charge in [0.2, 0.25) is 0 Å². The van der Waals surface area contributed by atoms with Gasteiger partial charge in [-0.3, -0.25) is 0 Å². The van der Waals surface area contributed by atoms with Crippen LogP contribution in [0.1, 0.15) is 0 Å². The van der Waals surface area contributed by atoms with Crippen molar-refractivity contribution in [1.29, 1.82) is 0 Å². The zero-order valence-corrected chi connectivity index (χ0v) is 16.3. The van der Waals surface area contributed by atoms with Crippen molar-refractivity contribution >= 4 is 24.6 Å². The van der Waals surface area contributed by atoms with Gasteiger partial charge in [-0.2, -0.15) is 0 Å². The first kappa shape index (κ1) is 103. The Labute approximate surface area is 256 Å². The Morgan fingerprint density at radius 2 is 0.308 bits per heavy atom. The standard InChI is InChI=1S/4CH2O3.9Li.H2O/c4*2-1(3)4;;;;;;;;;;/h4*(H2,2,3,4);;;;;;;;;;1H2/q;;;;9*+1;/p-9. The molecule has 13 nitrogen and oxygen atoms in total. The van der Waals surface area contributed by atoms with Crippen LogP contribution in [0.15, 0.2) is 0 Å². The van der Waals surface area contributed by atoms with Crippen molar-refractivity contribution in [3.8, 4) is 0 Å². The van der Waals surface area contributed by atoms with Gasteiger partial charge in [0.25, 0.3) is 0 Å². The number of rotatable bonds is 0. The summed E-state index contributed by atoms with van der Waals surface area (Å²) in [5, 5.41) is 66.7. The van der Waals surface area contributed by atoms with Crippen LogP contribution < -0.4 is 211 Å². The van der Waals surface area contributed by atoms with Gasteiger partial charge in [0.15, 0.2) is 0 Å². The van der Waals surface area contributed by atoms with Gasteiger partial charge in [-0.15, -0.1) is 0 Å². The summed E-state index contributed by atoms with van der Waals surface area (Å²) in [6.07, 6.45) is -9.33. The number of carbonyl (C=O) groups excluding carboxylic acids is 4. The molecule has 0 heterocycles. The monoisotopic (exact) mass is 320 g/mol. The van der Waals surface area contributed by atoms with E-state index in [0.717, 1.165) is 0 Å². The number of carboxylic acid groups (broad SMARTS) is 8. The van der Waals surface area contributed by atoms with E-state index in [1.165, 1.54) is 0 Å². The second-order valence-electron chi connectivity index (χ2n) is 1.00. The van der Waals surface area contributed by atoms with E-state index in [1.54, 1.807) is 0 Å². The molecule has 26 heavy (non-hydrogen) atoms. The van der Waals surface area contributed by atoms with Gasteiger partial charge in [-0.25, -0.2) is 0 Å². The fourth-order valence-corrected chi connectivity index (χ4v) is 0. The molecule has 0 bridgehead atoms. The molecular formula is C4HLi9O13. The predicted octanol–water partition coefficient (Wildman–Crippen LogP) is -36.9. The van der Waals surface area contributed by atoms with Crippen molar-refractivity contribution in [2.75, 3.05) is 0 Å². The maximum absolute atomic E-state index is 8.33. The first-order chi connectivity index (χ1) is 6.93. The molecule has 0 aromatic heterocycles. The third-order valence-corrected chi connectivity index (χ3v) is 0. The van der Waals surface area contributed by atoms with Crippen molar-refractivity contribution in [2.45, 2.75) is 0 Å². The minimum absolute atomic E-state index is 0. The molecule has 0 rings (SSSR count). The van der Waals surface area contributed by atoms with Crippen molar-refractivity contribution in [3.63, 3.8) is 0 Å². The predicted molar refractivity (Wildman–Crippen MR) is 23.5 cm³/mol. The summed E-state index contributed by atoms with van der Waals surface area (Å²) in [5.41, 5.74) is 0. The molecule has 104 valence electrons. The van der Waals surface area contributed by atoms with E-state index in [9.17, 15) is 0 Å². The van der Waals surface area contributed by atoms with E-state index in [-0.39, 0.29) is 175 Å². The van der Waals surface area contributed by atoms with Gasteiger partial charge >= 0.3 is 170 Å². The Hall–Kier alpha value is 2.42. The minimum Gasteiger partial charge on any atom is -0.870 e. The van der Waals surface area contributed by atoms with E-state index >= 15 is 0 Å². The molecule has 22 heteroatoms. The molecule has 0 atom stereocenters. The van der Waals surface area contributed by atoms with Crippen LogP contribution in [0.3, 0.4) is 0 Å². The maximum Gasteiger partial charge on any atom is 1.00 e. The molecule has 0 aliphatic carbocycles. The van der Waals surface area contributed by atoms with Crippen LogP contribution in [0, 0.1) is 0 Å². The molecular weight excluding hydrogens is 318 g/mol. The molecule has 0 saturated carbocycles. The molecule has 0 radical (unpaired) electrons. The molecule has 0 saturated heterocycles. The second kappa shape index (κ2) is 92.1. The molecule has 0 unspecified atom stereocenters. The third-order valence-electron chi connectivity index (χ3n) is 0. The van der Waals surface area contributed by atoms with Gasteiger partial charge in [0.1, 0.15) is 0 Å². The van der Waals surface area contributed by atoms with Crippen LogP contribution in [-0.4, -0.2) is 30.1 Å². The summed E-state index contributed by atoms with van der Waals surface area (Å²) >= 11 is 0. The van der Waals surface area contributed by atoms with Gasteiger partial charge < -0.3 is 65.5 Å². The number of hydrogen-bond donors (Lipinski definition) is 0. The molecule has 0 aromatic carbocycles. The summed E-state index contributed by atoms with van der Waals surface area (Å²) in [6, 6.07) is 0. The van der Waals surface area contributed by atoms with Gasteiger partial charge in [-0.1, -0.05) is 0 Å².